The van der Waals surface area contributed by atoms with Gasteiger partial charge in [0.2, 0.25) is 0 Å². The number of thioether (sulfide) groups is 1. The topological polar surface area (TPSA) is 20.2 Å². The Hall–Kier alpha value is -0.540. The molecule has 1 atom stereocenters. The molecule has 12 heavy (non-hydrogen) atoms. The molecule has 1 rings (SSSR count). The minimum Gasteiger partial charge on any atom is -0.393 e. The smallest absolute Gasteiger partial charge is 0.148 e. The summed E-state index contributed by atoms with van der Waals surface area (Å²) in [4.78, 5) is 1.10. The van der Waals surface area contributed by atoms with Gasteiger partial charge in [-0.15, -0.1) is 11.8 Å². The van der Waals surface area contributed by atoms with E-state index in [0.29, 0.717) is 5.56 Å². The van der Waals surface area contributed by atoms with Crippen LogP contribution in [-0.2, 0) is 0 Å². The van der Waals surface area contributed by atoms with E-state index in [9.17, 15) is 4.39 Å². The third-order valence-electron chi connectivity index (χ3n) is 1.64. The quantitative estimate of drug-likeness (QED) is 0.731. The van der Waals surface area contributed by atoms with Crippen molar-refractivity contribution in [3.8, 4) is 0 Å². The molecular weight excluding hydrogens is 175 g/mol. The van der Waals surface area contributed by atoms with Crippen molar-refractivity contribution in [2.75, 3.05) is 12.9 Å². The Labute approximate surface area is 75.6 Å². The van der Waals surface area contributed by atoms with Gasteiger partial charge in [0.05, 0.1) is 6.61 Å². The fourth-order valence-corrected chi connectivity index (χ4v) is 1.33. The molecule has 0 aliphatic carbocycles. The Balaban J connectivity index is 2.77. The number of benzene rings is 1. The Morgan fingerprint density at radius 2 is 2.00 bits per heavy atom. The summed E-state index contributed by atoms with van der Waals surface area (Å²) in [6.07, 6.45) is 0.717. The van der Waals surface area contributed by atoms with Crippen LogP contribution in [0.3, 0.4) is 0 Å². The van der Waals surface area contributed by atoms with Gasteiger partial charge in [0.15, 0.2) is 0 Å². The van der Waals surface area contributed by atoms with Gasteiger partial charge in [-0.3, -0.25) is 0 Å². The Kier molecular flexibility index (Phi) is 3.56. The maximum absolute atomic E-state index is 12.8. The molecule has 0 bridgehead atoms. The molecule has 1 aromatic carbocycles. The van der Waals surface area contributed by atoms with Crippen molar-refractivity contribution in [1.29, 1.82) is 0 Å². The number of aliphatic hydroxyl groups is 1. The first-order valence-corrected chi connectivity index (χ1v) is 4.89. The maximum atomic E-state index is 12.8. The summed E-state index contributed by atoms with van der Waals surface area (Å²) in [5.74, 6) is 0. The van der Waals surface area contributed by atoms with Crippen LogP contribution < -0.4 is 0 Å². The minimum atomic E-state index is -1.25. The van der Waals surface area contributed by atoms with E-state index >= 15 is 0 Å². The van der Waals surface area contributed by atoms with Crippen molar-refractivity contribution < 1.29 is 9.50 Å². The van der Waals surface area contributed by atoms with Crippen molar-refractivity contribution in [3.63, 3.8) is 0 Å². The van der Waals surface area contributed by atoms with Crippen LogP contribution >= 0.6 is 11.8 Å². The fourth-order valence-electron chi connectivity index (χ4n) is 0.918. The highest BCUT2D eigenvalue weighted by molar-refractivity contribution is 7.98. The van der Waals surface area contributed by atoms with Gasteiger partial charge in [0, 0.05) is 4.90 Å². The van der Waals surface area contributed by atoms with Crippen LogP contribution in [0.2, 0.25) is 0 Å². The van der Waals surface area contributed by atoms with Gasteiger partial charge in [-0.25, -0.2) is 4.39 Å². The maximum Gasteiger partial charge on any atom is 0.148 e. The Morgan fingerprint density at radius 3 is 2.42 bits per heavy atom. The molecule has 0 radical (unpaired) electrons. The lowest BCUT2D eigenvalue weighted by atomic mass is 10.1. The van der Waals surface area contributed by atoms with E-state index in [-0.39, 0.29) is 0 Å². The molecule has 0 spiro atoms. The molecular formula is C9H11FOS. The number of halogens is 1. The van der Waals surface area contributed by atoms with Crippen molar-refractivity contribution in [2.45, 2.75) is 11.1 Å². The zero-order chi connectivity index (χ0) is 8.97. The van der Waals surface area contributed by atoms with E-state index in [1.54, 1.807) is 23.9 Å². The molecule has 1 unspecified atom stereocenters. The van der Waals surface area contributed by atoms with Gasteiger partial charge in [0.25, 0.3) is 0 Å². The van der Waals surface area contributed by atoms with E-state index in [4.69, 9.17) is 5.11 Å². The molecule has 1 nitrogen and oxygen atoms in total. The first-order valence-electron chi connectivity index (χ1n) is 3.67. The minimum absolute atomic E-state index is 0.446. The molecule has 1 N–H and O–H groups in total. The predicted molar refractivity (Wildman–Crippen MR) is 49.2 cm³/mol. The van der Waals surface area contributed by atoms with E-state index in [2.05, 4.69) is 0 Å². The Morgan fingerprint density at radius 1 is 1.42 bits per heavy atom. The second-order valence-electron chi connectivity index (χ2n) is 2.42. The second kappa shape index (κ2) is 4.48. The summed E-state index contributed by atoms with van der Waals surface area (Å²) in [7, 11) is 0. The molecule has 0 amide bonds. The molecule has 66 valence electrons. The monoisotopic (exact) mass is 186 g/mol. The summed E-state index contributed by atoms with van der Waals surface area (Å²) in [5.41, 5.74) is 0.537. The number of aliphatic hydroxyl groups excluding tert-OH is 1. The van der Waals surface area contributed by atoms with Crippen LogP contribution in [0.15, 0.2) is 29.2 Å². The van der Waals surface area contributed by atoms with Gasteiger partial charge in [-0.05, 0) is 24.0 Å². The van der Waals surface area contributed by atoms with E-state index in [0.717, 1.165) is 4.90 Å². The summed E-state index contributed by atoms with van der Waals surface area (Å²) in [6.45, 7) is -0.446. The highest BCUT2D eigenvalue weighted by atomic mass is 32.2. The average molecular weight is 186 g/mol. The first-order chi connectivity index (χ1) is 5.77. The molecule has 1 aromatic rings. The molecule has 0 aliphatic heterocycles. The average Bonchev–Trinajstić information content (AvgIpc) is 2.17. The van der Waals surface area contributed by atoms with Crippen LogP contribution in [0.1, 0.15) is 11.7 Å². The zero-order valence-electron chi connectivity index (χ0n) is 6.83. The lowest BCUT2D eigenvalue weighted by Gasteiger charge is -2.04. The Bertz CT molecular complexity index is 235. The standard InChI is InChI=1S/C9H11FOS/c1-12-8-4-2-7(3-5-8)9(10)6-11/h2-5,9,11H,6H2,1H3. The molecule has 0 aromatic heterocycles. The summed E-state index contributed by atoms with van der Waals surface area (Å²) in [6, 6.07) is 7.10. The highest BCUT2D eigenvalue weighted by Gasteiger charge is 2.06. The van der Waals surface area contributed by atoms with Gasteiger partial charge in [0.1, 0.15) is 6.17 Å². The lowest BCUT2D eigenvalue weighted by molar-refractivity contribution is 0.180. The molecule has 3 heteroatoms. The lowest BCUT2D eigenvalue weighted by Crippen LogP contribution is -1.96. The fraction of sp³-hybridized carbons (Fsp3) is 0.333. The first kappa shape index (κ1) is 9.55. The van der Waals surface area contributed by atoms with Crippen molar-refractivity contribution in [1.82, 2.24) is 0 Å². The SMILES string of the molecule is CSc1ccc(C(F)CO)cc1. The summed E-state index contributed by atoms with van der Waals surface area (Å²) >= 11 is 1.61. The number of hydrogen-bond acceptors (Lipinski definition) is 2. The van der Waals surface area contributed by atoms with E-state index in [1.807, 2.05) is 18.4 Å². The van der Waals surface area contributed by atoms with Crippen molar-refractivity contribution in [2.24, 2.45) is 0 Å². The molecule has 0 aliphatic rings. The molecule has 0 saturated carbocycles. The van der Waals surface area contributed by atoms with E-state index < -0.39 is 12.8 Å². The molecule has 0 fully saturated rings. The zero-order valence-corrected chi connectivity index (χ0v) is 7.64. The van der Waals surface area contributed by atoms with Crippen molar-refractivity contribution >= 4 is 11.8 Å². The van der Waals surface area contributed by atoms with Crippen LogP contribution in [0.25, 0.3) is 0 Å². The third kappa shape index (κ3) is 2.22. The molecule has 0 heterocycles. The van der Waals surface area contributed by atoms with Gasteiger partial charge < -0.3 is 5.11 Å². The number of rotatable bonds is 3. The van der Waals surface area contributed by atoms with Gasteiger partial charge in [-0.2, -0.15) is 0 Å². The normalized spacial score (nSPS) is 12.9. The van der Waals surface area contributed by atoms with Gasteiger partial charge >= 0.3 is 0 Å². The largest absolute Gasteiger partial charge is 0.393 e. The summed E-state index contributed by atoms with van der Waals surface area (Å²) < 4.78 is 12.8. The van der Waals surface area contributed by atoms with Crippen LogP contribution in [0, 0.1) is 0 Å². The van der Waals surface area contributed by atoms with E-state index in [1.165, 1.54) is 0 Å². The van der Waals surface area contributed by atoms with Crippen molar-refractivity contribution in [3.05, 3.63) is 29.8 Å². The highest BCUT2D eigenvalue weighted by Crippen LogP contribution is 2.20. The van der Waals surface area contributed by atoms with Crippen LogP contribution in [-0.4, -0.2) is 18.0 Å². The van der Waals surface area contributed by atoms with Gasteiger partial charge in [-0.1, -0.05) is 12.1 Å². The van der Waals surface area contributed by atoms with Crippen LogP contribution in [0.4, 0.5) is 4.39 Å². The molecule has 0 saturated heterocycles. The number of hydrogen-bond donors (Lipinski definition) is 1. The number of alkyl halides is 1. The summed E-state index contributed by atoms with van der Waals surface area (Å²) in [5, 5.41) is 8.53. The van der Waals surface area contributed by atoms with Crippen LogP contribution in [0.5, 0.6) is 0 Å². The predicted octanol–water partition coefficient (Wildman–Crippen LogP) is 2.41. The third-order valence-corrected chi connectivity index (χ3v) is 2.38. The second-order valence-corrected chi connectivity index (χ2v) is 3.30.